The number of aromatic amines is 1. The first-order valence-electron chi connectivity index (χ1n) is 8.22. The molecule has 4 aromatic rings. The monoisotopic (exact) mass is 350 g/mol. The molecule has 0 unspecified atom stereocenters. The van der Waals surface area contributed by atoms with Crippen LogP contribution in [0.2, 0.25) is 5.02 Å². The van der Waals surface area contributed by atoms with Crippen LogP contribution in [0.1, 0.15) is 21.7 Å². The van der Waals surface area contributed by atoms with Gasteiger partial charge in [0.15, 0.2) is 0 Å². The van der Waals surface area contributed by atoms with Gasteiger partial charge in [-0.3, -0.25) is 4.79 Å². The SMILES string of the molecule is O=C(c1cccc2ccnn12)N1CCc2[nH]c3c(Cl)cccc3c2C1. The van der Waals surface area contributed by atoms with Crippen LogP contribution in [0.15, 0.2) is 48.7 Å². The quantitative estimate of drug-likeness (QED) is 0.569. The Morgan fingerprint density at radius 2 is 2.04 bits per heavy atom. The van der Waals surface area contributed by atoms with Crippen molar-refractivity contribution in [1.82, 2.24) is 19.5 Å². The zero-order chi connectivity index (χ0) is 17.0. The minimum absolute atomic E-state index is 0.00340. The standard InChI is InChI=1S/C19H15ClN4O/c20-15-5-2-4-13-14-11-23(10-8-16(14)22-18(13)15)19(25)17-6-1-3-12-7-9-21-24(12)17/h1-7,9,22H,8,10-11H2. The lowest BCUT2D eigenvalue weighted by molar-refractivity contribution is 0.0726. The zero-order valence-electron chi connectivity index (χ0n) is 13.4. The Morgan fingerprint density at radius 1 is 1.16 bits per heavy atom. The third-order valence-electron chi connectivity index (χ3n) is 4.89. The van der Waals surface area contributed by atoms with Crippen LogP contribution in [0.25, 0.3) is 16.4 Å². The molecule has 6 heteroatoms. The van der Waals surface area contributed by atoms with Gasteiger partial charge in [0.2, 0.25) is 0 Å². The normalized spacial score (nSPS) is 14.2. The highest BCUT2D eigenvalue weighted by atomic mass is 35.5. The number of benzene rings is 1. The molecule has 1 aliphatic rings. The molecule has 0 spiro atoms. The molecule has 0 aliphatic carbocycles. The van der Waals surface area contributed by atoms with E-state index in [2.05, 4.69) is 16.1 Å². The van der Waals surface area contributed by atoms with Crippen molar-refractivity contribution < 1.29 is 4.79 Å². The van der Waals surface area contributed by atoms with Crippen LogP contribution in [-0.4, -0.2) is 31.9 Å². The maximum Gasteiger partial charge on any atom is 0.272 e. The highest BCUT2D eigenvalue weighted by molar-refractivity contribution is 6.35. The van der Waals surface area contributed by atoms with Crippen molar-refractivity contribution >= 4 is 33.9 Å². The summed E-state index contributed by atoms with van der Waals surface area (Å²) < 4.78 is 1.70. The average Bonchev–Trinajstić information content (AvgIpc) is 3.25. The van der Waals surface area contributed by atoms with Crippen LogP contribution in [0.5, 0.6) is 0 Å². The number of fused-ring (bicyclic) bond motifs is 4. The maximum atomic E-state index is 13.1. The third kappa shape index (κ3) is 2.16. The van der Waals surface area contributed by atoms with E-state index in [9.17, 15) is 4.79 Å². The summed E-state index contributed by atoms with van der Waals surface area (Å²) in [6.45, 7) is 1.25. The fourth-order valence-electron chi connectivity index (χ4n) is 3.65. The maximum absolute atomic E-state index is 13.1. The van der Waals surface area contributed by atoms with Crippen molar-refractivity contribution in [3.8, 4) is 0 Å². The number of aromatic nitrogens is 3. The van der Waals surface area contributed by atoms with Gasteiger partial charge >= 0.3 is 0 Å². The Balaban J connectivity index is 1.55. The van der Waals surface area contributed by atoms with Crippen molar-refractivity contribution in [3.05, 3.63) is 70.6 Å². The summed E-state index contributed by atoms with van der Waals surface area (Å²) in [6.07, 6.45) is 2.50. The van der Waals surface area contributed by atoms with Crippen LogP contribution in [0.3, 0.4) is 0 Å². The summed E-state index contributed by atoms with van der Waals surface area (Å²) in [6, 6.07) is 13.4. The number of hydrogen-bond donors (Lipinski definition) is 1. The molecule has 1 aliphatic heterocycles. The van der Waals surface area contributed by atoms with E-state index >= 15 is 0 Å². The molecule has 25 heavy (non-hydrogen) atoms. The Hall–Kier alpha value is -2.79. The van der Waals surface area contributed by atoms with Crippen molar-refractivity contribution in [3.63, 3.8) is 0 Å². The molecule has 3 aromatic heterocycles. The molecule has 1 amide bonds. The Morgan fingerprint density at radius 3 is 2.96 bits per heavy atom. The lowest BCUT2D eigenvalue weighted by Crippen LogP contribution is -2.36. The highest BCUT2D eigenvalue weighted by Crippen LogP contribution is 2.32. The average molecular weight is 351 g/mol. The summed E-state index contributed by atoms with van der Waals surface area (Å²) in [5.74, 6) is -0.00340. The van der Waals surface area contributed by atoms with E-state index in [0.29, 0.717) is 23.8 Å². The van der Waals surface area contributed by atoms with Crippen molar-refractivity contribution in [2.75, 3.05) is 6.54 Å². The van der Waals surface area contributed by atoms with E-state index < -0.39 is 0 Å². The second-order valence-electron chi connectivity index (χ2n) is 6.30. The van der Waals surface area contributed by atoms with Gasteiger partial charge in [0.05, 0.1) is 22.3 Å². The molecule has 1 N–H and O–H groups in total. The van der Waals surface area contributed by atoms with Crippen LogP contribution in [-0.2, 0) is 13.0 Å². The molecule has 0 saturated carbocycles. The predicted molar refractivity (Wildman–Crippen MR) is 96.9 cm³/mol. The number of H-pyrrole nitrogens is 1. The van der Waals surface area contributed by atoms with Gasteiger partial charge in [-0.25, -0.2) is 4.52 Å². The number of carbonyl (C=O) groups is 1. The fourth-order valence-corrected chi connectivity index (χ4v) is 3.87. The van der Waals surface area contributed by atoms with E-state index in [1.807, 2.05) is 41.3 Å². The molecule has 5 rings (SSSR count). The van der Waals surface area contributed by atoms with Gasteiger partial charge in [0.25, 0.3) is 5.91 Å². The van der Waals surface area contributed by atoms with Crippen LogP contribution < -0.4 is 0 Å². The van der Waals surface area contributed by atoms with Gasteiger partial charge < -0.3 is 9.88 Å². The van der Waals surface area contributed by atoms with Gasteiger partial charge in [0.1, 0.15) is 5.69 Å². The van der Waals surface area contributed by atoms with E-state index in [0.717, 1.165) is 28.4 Å². The lowest BCUT2D eigenvalue weighted by atomic mass is 10.0. The Kier molecular flexibility index (Phi) is 3.12. The van der Waals surface area contributed by atoms with E-state index in [4.69, 9.17) is 11.6 Å². The number of nitrogens with zero attached hydrogens (tertiary/aromatic N) is 3. The van der Waals surface area contributed by atoms with Gasteiger partial charge in [-0.05, 0) is 24.3 Å². The first-order chi connectivity index (χ1) is 12.2. The zero-order valence-corrected chi connectivity index (χ0v) is 14.1. The third-order valence-corrected chi connectivity index (χ3v) is 5.20. The predicted octanol–water partition coefficient (Wildman–Crippen LogP) is 3.67. The number of pyridine rings is 1. The molecule has 1 aromatic carbocycles. The van der Waals surface area contributed by atoms with Crippen LogP contribution in [0, 0.1) is 0 Å². The number of amides is 1. The van der Waals surface area contributed by atoms with Gasteiger partial charge in [-0.2, -0.15) is 5.10 Å². The van der Waals surface area contributed by atoms with Gasteiger partial charge in [0, 0.05) is 36.2 Å². The summed E-state index contributed by atoms with van der Waals surface area (Å²) in [7, 11) is 0. The molecular weight excluding hydrogens is 336 g/mol. The first-order valence-corrected chi connectivity index (χ1v) is 8.60. The molecular formula is C19H15ClN4O. The molecule has 0 saturated heterocycles. The summed E-state index contributed by atoms with van der Waals surface area (Å²) >= 11 is 6.30. The number of carbonyl (C=O) groups excluding carboxylic acids is 1. The Labute approximate surface area is 148 Å². The largest absolute Gasteiger partial charge is 0.357 e. The van der Waals surface area contributed by atoms with Crippen LogP contribution >= 0.6 is 11.6 Å². The molecule has 124 valence electrons. The summed E-state index contributed by atoms with van der Waals surface area (Å²) in [4.78, 5) is 18.4. The highest BCUT2D eigenvalue weighted by Gasteiger charge is 2.26. The van der Waals surface area contributed by atoms with E-state index in [1.165, 1.54) is 5.69 Å². The Bertz CT molecular complexity index is 1130. The van der Waals surface area contributed by atoms with Crippen LogP contribution in [0.4, 0.5) is 0 Å². The van der Waals surface area contributed by atoms with E-state index in [1.54, 1.807) is 10.7 Å². The minimum atomic E-state index is -0.00340. The molecule has 5 nitrogen and oxygen atoms in total. The number of rotatable bonds is 1. The second kappa shape index (κ2) is 5.36. The molecule has 0 bridgehead atoms. The molecule has 0 atom stereocenters. The number of halogens is 1. The minimum Gasteiger partial charge on any atom is -0.357 e. The fraction of sp³-hybridized carbons (Fsp3) is 0.158. The summed E-state index contributed by atoms with van der Waals surface area (Å²) in [5, 5.41) is 6.08. The van der Waals surface area contributed by atoms with Crippen molar-refractivity contribution in [1.29, 1.82) is 0 Å². The molecule has 0 fully saturated rings. The summed E-state index contributed by atoms with van der Waals surface area (Å²) in [5.41, 5.74) is 4.79. The van der Waals surface area contributed by atoms with Gasteiger partial charge in [-0.15, -0.1) is 0 Å². The smallest absolute Gasteiger partial charge is 0.272 e. The first kappa shape index (κ1) is 14.5. The lowest BCUT2D eigenvalue weighted by Gasteiger charge is -2.27. The topological polar surface area (TPSA) is 53.4 Å². The van der Waals surface area contributed by atoms with E-state index in [-0.39, 0.29) is 5.91 Å². The number of nitrogens with one attached hydrogen (secondary N) is 1. The molecule has 0 radical (unpaired) electrons. The molecule has 4 heterocycles. The van der Waals surface area contributed by atoms with Crippen molar-refractivity contribution in [2.24, 2.45) is 0 Å². The van der Waals surface area contributed by atoms with Gasteiger partial charge in [-0.1, -0.05) is 29.8 Å². The number of hydrogen-bond acceptors (Lipinski definition) is 2. The van der Waals surface area contributed by atoms with Crippen molar-refractivity contribution in [2.45, 2.75) is 13.0 Å². The second-order valence-corrected chi connectivity index (χ2v) is 6.71. The number of para-hydroxylation sites is 1.